The van der Waals surface area contributed by atoms with Crippen LogP contribution in [-0.2, 0) is 4.79 Å². The maximum absolute atomic E-state index is 12.8. The van der Waals surface area contributed by atoms with Crippen LogP contribution in [0.1, 0.15) is 24.0 Å². The Balaban J connectivity index is 2.04. The van der Waals surface area contributed by atoms with E-state index in [9.17, 15) is 14.9 Å². The molecule has 0 saturated heterocycles. The summed E-state index contributed by atoms with van der Waals surface area (Å²) in [5, 5.41) is 11.3. The molecule has 128 valence electrons. The zero-order chi connectivity index (χ0) is 18.0. The van der Waals surface area contributed by atoms with E-state index in [4.69, 9.17) is 0 Å². The molecule has 6 nitrogen and oxygen atoms in total. The van der Waals surface area contributed by atoms with Gasteiger partial charge in [-0.2, -0.15) is 4.99 Å². The molecule has 0 spiro atoms. The normalized spacial score (nSPS) is 21.1. The van der Waals surface area contributed by atoms with Crippen LogP contribution >= 0.6 is 0 Å². The van der Waals surface area contributed by atoms with E-state index in [0.29, 0.717) is 5.84 Å². The number of hydrogen-bond donors (Lipinski definition) is 0. The van der Waals surface area contributed by atoms with Gasteiger partial charge in [-0.05, 0) is 12.5 Å². The van der Waals surface area contributed by atoms with Crippen LogP contribution in [0.15, 0.2) is 65.7 Å². The van der Waals surface area contributed by atoms with Gasteiger partial charge in [0.25, 0.3) is 5.91 Å². The number of benzene rings is 2. The van der Waals surface area contributed by atoms with Crippen LogP contribution < -0.4 is 0 Å². The van der Waals surface area contributed by atoms with Gasteiger partial charge in [-0.15, -0.1) is 0 Å². The molecule has 0 N–H and O–H groups in total. The fourth-order valence-electron chi connectivity index (χ4n) is 3.32. The Bertz CT molecular complexity index is 820. The molecule has 3 rings (SSSR count). The Morgan fingerprint density at radius 2 is 1.68 bits per heavy atom. The maximum atomic E-state index is 12.8. The second-order valence-electron chi connectivity index (χ2n) is 6.29. The second-order valence-corrected chi connectivity index (χ2v) is 6.29. The van der Waals surface area contributed by atoms with Crippen molar-refractivity contribution in [1.82, 2.24) is 4.90 Å². The van der Waals surface area contributed by atoms with E-state index in [-0.39, 0.29) is 17.4 Å². The largest absolute Gasteiger partial charge is 0.344 e. The Labute approximate surface area is 146 Å². The number of amides is 1. The molecule has 25 heavy (non-hydrogen) atoms. The summed E-state index contributed by atoms with van der Waals surface area (Å²) in [5.74, 6) is -0.423. The van der Waals surface area contributed by atoms with Gasteiger partial charge in [-0.1, -0.05) is 60.7 Å². The molecule has 2 atom stereocenters. The quantitative estimate of drug-likeness (QED) is 0.621. The van der Waals surface area contributed by atoms with E-state index in [1.165, 1.54) is 0 Å². The molecule has 0 radical (unpaired) electrons. The summed E-state index contributed by atoms with van der Waals surface area (Å²) in [6, 6.07) is 18.5. The van der Waals surface area contributed by atoms with Crippen molar-refractivity contribution in [2.75, 3.05) is 13.6 Å². The van der Waals surface area contributed by atoms with Gasteiger partial charge in [0.2, 0.25) is 6.54 Å². The molecule has 0 fully saturated rings. The van der Waals surface area contributed by atoms with Crippen molar-refractivity contribution in [2.45, 2.75) is 18.4 Å². The molecule has 0 saturated carbocycles. The smallest absolute Gasteiger partial charge is 0.274 e. The van der Waals surface area contributed by atoms with Crippen LogP contribution in [0.5, 0.6) is 0 Å². The average molecular weight is 337 g/mol. The number of rotatable bonds is 5. The van der Waals surface area contributed by atoms with Crippen molar-refractivity contribution in [2.24, 2.45) is 4.99 Å². The van der Waals surface area contributed by atoms with Gasteiger partial charge < -0.3 is 4.90 Å². The summed E-state index contributed by atoms with van der Waals surface area (Å²) in [4.78, 5) is 29.7. The molecule has 1 amide bonds. The van der Waals surface area contributed by atoms with E-state index in [1.807, 2.05) is 60.7 Å². The topological polar surface area (TPSA) is 75.8 Å². The summed E-state index contributed by atoms with van der Waals surface area (Å²) in [6.45, 7) is 1.39. The number of carbonyl (C=O) groups is 1. The average Bonchev–Trinajstić information content (AvgIpc) is 2.86. The van der Waals surface area contributed by atoms with E-state index in [2.05, 4.69) is 4.99 Å². The molecule has 2 aromatic carbocycles. The lowest BCUT2D eigenvalue weighted by Crippen LogP contribution is -2.53. The lowest BCUT2D eigenvalue weighted by Gasteiger charge is -2.37. The van der Waals surface area contributed by atoms with E-state index < -0.39 is 11.5 Å². The highest BCUT2D eigenvalue weighted by Crippen LogP contribution is 2.38. The lowest BCUT2D eigenvalue weighted by molar-refractivity contribution is -0.485. The van der Waals surface area contributed by atoms with Crippen molar-refractivity contribution < 1.29 is 9.72 Å². The van der Waals surface area contributed by atoms with Crippen molar-refractivity contribution in [3.8, 4) is 0 Å². The van der Waals surface area contributed by atoms with Crippen molar-refractivity contribution >= 4 is 11.7 Å². The molecule has 6 heteroatoms. The Morgan fingerprint density at radius 1 is 1.12 bits per heavy atom. The van der Waals surface area contributed by atoms with Crippen LogP contribution in [0.2, 0.25) is 0 Å². The van der Waals surface area contributed by atoms with Crippen LogP contribution in [-0.4, -0.2) is 40.7 Å². The molecule has 2 aromatic rings. The van der Waals surface area contributed by atoms with Crippen LogP contribution in [0.25, 0.3) is 0 Å². The molecule has 0 aliphatic carbocycles. The zero-order valence-electron chi connectivity index (χ0n) is 14.1. The van der Waals surface area contributed by atoms with Gasteiger partial charge in [-0.25, -0.2) is 0 Å². The number of aliphatic imine (C=N–C) groups is 1. The highest BCUT2D eigenvalue weighted by Gasteiger charge is 2.52. The summed E-state index contributed by atoms with van der Waals surface area (Å²) in [6.07, 6.45) is 0. The second kappa shape index (κ2) is 6.47. The molecule has 1 aliphatic heterocycles. The first-order chi connectivity index (χ1) is 11.9. The number of nitro groups is 1. The first-order valence-corrected chi connectivity index (χ1v) is 8.03. The first-order valence-electron chi connectivity index (χ1n) is 8.03. The number of amidine groups is 1. The zero-order valence-corrected chi connectivity index (χ0v) is 14.1. The predicted octanol–water partition coefficient (Wildman–Crippen LogP) is 2.72. The molecular weight excluding hydrogens is 318 g/mol. The Kier molecular flexibility index (Phi) is 4.35. The van der Waals surface area contributed by atoms with Gasteiger partial charge in [-0.3, -0.25) is 14.9 Å². The molecular formula is C19H19N3O3. The third kappa shape index (κ3) is 2.91. The minimum atomic E-state index is -1.11. The molecule has 1 heterocycles. The monoisotopic (exact) mass is 337 g/mol. The minimum absolute atomic E-state index is 0.339. The van der Waals surface area contributed by atoms with Gasteiger partial charge >= 0.3 is 0 Å². The summed E-state index contributed by atoms with van der Waals surface area (Å²) < 4.78 is 0. The van der Waals surface area contributed by atoms with Crippen LogP contribution in [0.4, 0.5) is 0 Å². The van der Waals surface area contributed by atoms with Gasteiger partial charge in [0.05, 0.1) is 5.92 Å². The SMILES string of the molecule is CN1C(c2ccccc2)=NC(=O)[C@@]1(C)[C@@H](C[N+](=O)[O-])c1ccccc1. The van der Waals surface area contributed by atoms with Crippen molar-refractivity contribution in [1.29, 1.82) is 0 Å². The van der Waals surface area contributed by atoms with Gasteiger partial charge in [0, 0.05) is 17.5 Å². The van der Waals surface area contributed by atoms with Crippen LogP contribution in [0.3, 0.4) is 0 Å². The van der Waals surface area contributed by atoms with E-state index in [0.717, 1.165) is 11.1 Å². The standard InChI is InChI=1S/C19H19N3O3/c1-19(16(13-22(24)25)14-9-5-3-6-10-14)18(23)20-17(21(19)2)15-11-7-4-8-12-15/h3-12,16H,13H2,1-2H3/t16-,19+/m0/s1. The summed E-state index contributed by atoms with van der Waals surface area (Å²) in [5.41, 5.74) is 0.459. The van der Waals surface area contributed by atoms with Crippen LogP contribution in [0, 0.1) is 10.1 Å². The number of carbonyl (C=O) groups excluding carboxylic acids is 1. The third-order valence-corrected chi connectivity index (χ3v) is 4.90. The van der Waals surface area contributed by atoms with Crippen molar-refractivity contribution in [3.63, 3.8) is 0 Å². The maximum Gasteiger partial charge on any atom is 0.274 e. The van der Waals surface area contributed by atoms with Gasteiger partial charge in [0.1, 0.15) is 11.4 Å². The highest BCUT2D eigenvalue weighted by atomic mass is 16.6. The third-order valence-electron chi connectivity index (χ3n) is 4.90. The van der Waals surface area contributed by atoms with Crippen molar-refractivity contribution in [3.05, 3.63) is 81.9 Å². The fourth-order valence-corrected chi connectivity index (χ4v) is 3.32. The Hall–Kier alpha value is -3.02. The molecule has 0 aromatic heterocycles. The predicted molar refractivity (Wildman–Crippen MR) is 95.2 cm³/mol. The van der Waals surface area contributed by atoms with E-state index in [1.54, 1.807) is 18.9 Å². The first kappa shape index (κ1) is 16.8. The van der Waals surface area contributed by atoms with E-state index >= 15 is 0 Å². The number of likely N-dealkylation sites (N-methyl/N-ethyl adjacent to an activating group) is 1. The lowest BCUT2D eigenvalue weighted by atomic mass is 9.79. The molecule has 0 bridgehead atoms. The minimum Gasteiger partial charge on any atom is -0.344 e. The summed E-state index contributed by atoms with van der Waals surface area (Å²) >= 11 is 0. The summed E-state index contributed by atoms with van der Waals surface area (Å²) in [7, 11) is 1.77. The number of nitrogens with zero attached hydrogens (tertiary/aromatic N) is 3. The fraction of sp³-hybridized carbons (Fsp3) is 0.263. The molecule has 1 aliphatic rings. The van der Waals surface area contributed by atoms with Gasteiger partial charge in [0.15, 0.2) is 0 Å². The molecule has 0 unspecified atom stereocenters. The number of hydrogen-bond acceptors (Lipinski definition) is 4. The Morgan fingerprint density at radius 3 is 2.24 bits per heavy atom. The highest BCUT2D eigenvalue weighted by molar-refractivity contribution is 6.13.